The number of piperazine rings is 1. The van der Waals surface area contributed by atoms with Crippen molar-refractivity contribution in [3.05, 3.63) is 17.0 Å². The van der Waals surface area contributed by atoms with Crippen molar-refractivity contribution in [2.24, 2.45) is 0 Å². The van der Waals surface area contributed by atoms with Gasteiger partial charge in [0, 0.05) is 38.4 Å². The second-order valence-electron chi connectivity index (χ2n) is 6.42. The molecule has 1 aromatic rings. The molecule has 0 aromatic carbocycles. The van der Waals surface area contributed by atoms with E-state index >= 15 is 0 Å². The third-order valence-corrected chi connectivity index (χ3v) is 5.11. The van der Waals surface area contributed by atoms with Crippen LogP contribution in [0.1, 0.15) is 41.5 Å². The van der Waals surface area contributed by atoms with E-state index in [0.717, 1.165) is 24.5 Å². The number of rotatable bonds is 2. The fourth-order valence-electron chi connectivity index (χ4n) is 3.70. The molecule has 2 aliphatic heterocycles. The Kier molecular flexibility index (Phi) is 4.14. The van der Waals surface area contributed by atoms with Crippen molar-refractivity contribution in [1.82, 2.24) is 25.3 Å². The van der Waals surface area contributed by atoms with Gasteiger partial charge in [0.15, 0.2) is 0 Å². The molecule has 23 heavy (non-hydrogen) atoms. The Morgan fingerprint density at radius 1 is 1.26 bits per heavy atom. The molecule has 3 rings (SSSR count). The summed E-state index contributed by atoms with van der Waals surface area (Å²) in [5.41, 5.74) is 1.92. The zero-order chi connectivity index (χ0) is 16.6. The number of carbonyl (C=O) groups excluding carboxylic acids is 2. The Bertz CT molecular complexity index is 629. The molecule has 0 unspecified atom stereocenters. The summed E-state index contributed by atoms with van der Waals surface area (Å²) >= 11 is 0. The fourth-order valence-corrected chi connectivity index (χ4v) is 3.70. The Morgan fingerprint density at radius 3 is 2.52 bits per heavy atom. The van der Waals surface area contributed by atoms with Crippen molar-refractivity contribution < 1.29 is 9.59 Å². The maximum absolute atomic E-state index is 12.9. The van der Waals surface area contributed by atoms with Crippen molar-refractivity contribution in [3.63, 3.8) is 0 Å². The Labute approximate surface area is 136 Å². The highest BCUT2D eigenvalue weighted by atomic mass is 16.2. The lowest BCUT2D eigenvalue weighted by Crippen LogP contribution is -2.66. The molecule has 0 radical (unpaired) electrons. The molecule has 1 spiro atoms. The summed E-state index contributed by atoms with van der Waals surface area (Å²) in [6, 6.07) is 0. The summed E-state index contributed by atoms with van der Waals surface area (Å²) in [4.78, 5) is 26.9. The first-order valence-electron chi connectivity index (χ1n) is 8.35. The predicted octanol–water partition coefficient (Wildman–Crippen LogP) is 0.214. The van der Waals surface area contributed by atoms with E-state index in [2.05, 4.69) is 15.7 Å². The molecule has 1 aromatic heterocycles. The van der Waals surface area contributed by atoms with E-state index in [1.807, 2.05) is 30.4 Å². The highest BCUT2D eigenvalue weighted by molar-refractivity contribution is 5.97. The molecule has 0 aliphatic carbocycles. The number of piperidine rings is 1. The van der Waals surface area contributed by atoms with Crippen molar-refractivity contribution in [2.45, 2.75) is 45.7 Å². The van der Waals surface area contributed by atoms with Gasteiger partial charge in [0.25, 0.3) is 5.91 Å². The second-order valence-corrected chi connectivity index (χ2v) is 6.42. The van der Waals surface area contributed by atoms with Crippen LogP contribution in [0.5, 0.6) is 0 Å². The van der Waals surface area contributed by atoms with Crippen LogP contribution in [-0.2, 0) is 11.3 Å². The molecule has 2 amide bonds. The van der Waals surface area contributed by atoms with E-state index in [9.17, 15) is 9.59 Å². The van der Waals surface area contributed by atoms with E-state index in [1.165, 1.54) is 0 Å². The van der Waals surface area contributed by atoms with E-state index in [4.69, 9.17) is 0 Å². The molecule has 2 saturated heterocycles. The number of likely N-dealkylation sites (tertiary alicyclic amines) is 1. The zero-order valence-electron chi connectivity index (χ0n) is 14.1. The minimum absolute atomic E-state index is 0.0331. The van der Waals surface area contributed by atoms with Gasteiger partial charge in [0.2, 0.25) is 5.91 Å². The molecular weight excluding hydrogens is 294 g/mol. The van der Waals surface area contributed by atoms with Gasteiger partial charge in [-0.3, -0.25) is 14.3 Å². The molecule has 0 saturated carbocycles. The lowest BCUT2D eigenvalue weighted by atomic mass is 9.85. The standard InChI is InChI=1S/C16H25N5O2/c1-4-21-12(3)13(11(2)19-21)14(22)20-9-5-16(6-10-20)15(23)17-7-8-18-16/h18H,4-10H2,1-3H3,(H,17,23). The van der Waals surface area contributed by atoms with Gasteiger partial charge in [-0.15, -0.1) is 0 Å². The predicted molar refractivity (Wildman–Crippen MR) is 86.3 cm³/mol. The smallest absolute Gasteiger partial charge is 0.257 e. The van der Waals surface area contributed by atoms with Crippen LogP contribution in [0.4, 0.5) is 0 Å². The number of aryl methyl sites for hydroxylation is 2. The summed E-state index contributed by atoms with van der Waals surface area (Å²) in [5, 5.41) is 10.7. The average Bonchev–Trinajstić information content (AvgIpc) is 2.84. The maximum atomic E-state index is 12.9. The summed E-state index contributed by atoms with van der Waals surface area (Å²) in [7, 11) is 0. The van der Waals surface area contributed by atoms with Crippen molar-refractivity contribution in [2.75, 3.05) is 26.2 Å². The van der Waals surface area contributed by atoms with Crippen LogP contribution in [0, 0.1) is 13.8 Å². The monoisotopic (exact) mass is 319 g/mol. The topological polar surface area (TPSA) is 79.3 Å². The molecular formula is C16H25N5O2. The highest BCUT2D eigenvalue weighted by Gasteiger charge is 2.43. The number of aromatic nitrogens is 2. The van der Waals surface area contributed by atoms with Crippen molar-refractivity contribution >= 4 is 11.8 Å². The molecule has 2 aliphatic rings. The van der Waals surface area contributed by atoms with Crippen LogP contribution in [-0.4, -0.2) is 58.2 Å². The van der Waals surface area contributed by atoms with E-state index in [0.29, 0.717) is 38.0 Å². The van der Waals surface area contributed by atoms with Gasteiger partial charge in [-0.1, -0.05) is 0 Å². The summed E-state index contributed by atoms with van der Waals surface area (Å²) in [5.74, 6) is 0.104. The van der Waals surface area contributed by atoms with Gasteiger partial charge in [-0.05, 0) is 33.6 Å². The number of carbonyl (C=O) groups is 2. The molecule has 0 atom stereocenters. The summed E-state index contributed by atoms with van der Waals surface area (Å²) in [6.45, 7) is 9.26. The third-order valence-electron chi connectivity index (χ3n) is 5.11. The van der Waals surface area contributed by atoms with Crippen LogP contribution in [0.25, 0.3) is 0 Å². The maximum Gasteiger partial charge on any atom is 0.257 e. The quantitative estimate of drug-likeness (QED) is 0.817. The molecule has 2 N–H and O–H groups in total. The van der Waals surface area contributed by atoms with Crippen LogP contribution in [0.2, 0.25) is 0 Å². The lowest BCUT2D eigenvalue weighted by molar-refractivity contribution is -0.131. The third kappa shape index (κ3) is 2.63. The number of amides is 2. The first-order valence-corrected chi connectivity index (χ1v) is 8.35. The summed E-state index contributed by atoms with van der Waals surface area (Å²) < 4.78 is 1.87. The first kappa shape index (κ1) is 16.0. The Balaban J connectivity index is 1.74. The van der Waals surface area contributed by atoms with Gasteiger partial charge in [0.1, 0.15) is 5.54 Å². The SMILES string of the molecule is CCn1nc(C)c(C(=O)N2CCC3(CC2)NCCNC3=O)c1C. The number of nitrogens with one attached hydrogen (secondary N) is 2. The van der Waals surface area contributed by atoms with Gasteiger partial charge in [0.05, 0.1) is 11.3 Å². The average molecular weight is 319 g/mol. The minimum Gasteiger partial charge on any atom is -0.353 e. The molecule has 0 bridgehead atoms. The minimum atomic E-state index is -0.493. The Morgan fingerprint density at radius 2 is 1.96 bits per heavy atom. The molecule has 7 heteroatoms. The fraction of sp³-hybridized carbons (Fsp3) is 0.688. The van der Waals surface area contributed by atoms with Crippen molar-refractivity contribution in [1.29, 1.82) is 0 Å². The van der Waals surface area contributed by atoms with E-state index in [1.54, 1.807) is 0 Å². The van der Waals surface area contributed by atoms with Gasteiger partial charge >= 0.3 is 0 Å². The molecule has 126 valence electrons. The van der Waals surface area contributed by atoms with Crippen LogP contribution >= 0.6 is 0 Å². The second kappa shape index (κ2) is 5.96. The van der Waals surface area contributed by atoms with E-state index in [-0.39, 0.29) is 11.8 Å². The van der Waals surface area contributed by atoms with Crippen LogP contribution in [0.3, 0.4) is 0 Å². The van der Waals surface area contributed by atoms with Crippen molar-refractivity contribution in [3.8, 4) is 0 Å². The normalized spacial score (nSPS) is 20.7. The van der Waals surface area contributed by atoms with Gasteiger partial charge in [-0.2, -0.15) is 5.10 Å². The molecule has 3 heterocycles. The molecule has 2 fully saturated rings. The molecule has 7 nitrogen and oxygen atoms in total. The Hall–Kier alpha value is -1.89. The number of hydrogen-bond donors (Lipinski definition) is 2. The highest BCUT2D eigenvalue weighted by Crippen LogP contribution is 2.26. The van der Waals surface area contributed by atoms with Gasteiger partial charge < -0.3 is 15.5 Å². The summed E-state index contributed by atoms with van der Waals surface area (Å²) in [6.07, 6.45) is 1.31. The lowest BCUT2D eigenvalue weighted by Gasteiger charge is -2.43. The van der Waals surface area contributed by atoms with Gasteiger partial charge in [-0.25, -0.2) is 0 Å². The van der Waals surface area contributed by atoms with Crippen LogP contribution in [0.15, 0.2) is 0 Å². The first-order chi connectivity index (χ1) is 11.0. The van der Waals surface area contributed by atoms with Crippen LogP contribution < -0.4 is 10.6 Å². The zero-order valence-corrected chi connectivity index (χ0v) is 14.1. The van der Waals surface area contributed by atoms with E-state index < -0.39 is 5.54 Å². The largest absolute Gasteiger partial charge is 0.353 e. The number of hydrogen-bond acceptors (Lipinski definition) is 4. The number of nitrogens with zero attached hydrogens (tertiary/aromatic N) is 3.